The van der Waals surface area contributed by atoms with Gasteiger partial charge in [0.1, 0.15) is 4.88 Å². The van der Waals surface area contributed by atoms with E-state index in [0.29, 0.717) is 17.0 Å². The Hall–Kier alpha value is -1.92. The Kier molecular flexibility index (Phi) is 3.88. The number of fused-ring (bicyclic) bond motifs is 1. The van der Waals surface area contributed by atoms with Crippen molar-refractivity contribution in [3.63, 3.8) is 0 Å². The molecule has 1 aliphatic carbocycles. The quantitative estimate of drug-likeness (QED) is 0.907. The van der Waals surface area contributed by atoms with Crippen LogP contribution in [0.3, 0.4) is 0 Å². The van der Waals surface area contributed by atoms with Crippen molar-refractivity contribution in [2.45, 2.75) is 25.5 Å². The van der Waals surface area contributed by atoms with Crippen molar-refractivity contribution >= 4 is 22.4 Å². The highest BCUT2D eigenvalue weighted by atomic mass is 32.1. The molecule has 1 amide bonds. The molecule has 3 rings (SSSR count). The van der Waals surface area contributed by atoms with Crippen LogP contribution in [-0.2, 0) is 6.42 Å². The summed E-state index contributed by atoms with van der Waals surface area (Å²) in [6, 6.07) is 7.48. The molecule has 116 valence electrons. The second-order valence-corrected chi connectivity index (χ2v) is 6.70. The molecule has 1 heterocycles. The standard InChI is InChI=1S/C16H19N3O2S/c1-9-14(22-16(17-9)19(2)3)15(21)18-13-11-7-5-4-6-10(11)8-12(13)20/h4-7,12-13,20H,8H2,1-3H3,(H,18,21). The summed E-state index contributed by atoms with van der Waals surface area (Å²) in [7, 11) is 3.80. The minimum atomic E-state index is -0.581. The van der Waals surface area contributed by atoms with E-state index in [4.69, 9.17) is 0 Å². The number of nitrogens with one attached hydrogen (secondary N) is 1. The third-order valence-electron chi connectivity index (χ3n) is 3.86. The molecule has 5 nitrogen and oxygen atoms in total. The first kappa shape index (κ1) is 15.0. The smallest absolute Gasteiger partial charge is 0.263 e. The molecule has 1 aliphatic rings. The lowest BCUT2D eigenvalue weighted by Crippen LogP contribution is -2.33. The van der Waals surface area contributed by atoms with Gasteiger partial charge in [0.25, 0.3) is 5.91 Å². The number of aliphatic hydroxyl groups is 1. The maximum absolute atomic E-state index is 12.5. The molecule has 2 atom stereocenters. The average Bonchev–Trinajstić information content (AvgIpc) is 3.00. The van der Waals surface area contributed by atoms with Crippen molar-refractivity contribution in [3.05, 3.63) is 46.0 Å². The predicted molar refractivity (Wildman–Crippen MR) is 87.5 cm³/mol. The Labute approximate surface area is 133 Å². The second kappa shape index (κ2) is 5.70. The molecule has 0 radical (unpaired) electrons. The fraction of sp³-hybridized carbons (Fsp3) is 0.375. The van der Waals surface area contributed by atoms with Gasteiger partial charge >= 0.3 is 0 Å². The summed E-state index contributed by atoms with van der Waals surface area (Å²) < 4.78 is 0. The van der Waals surface area contributed by atoms with Crippen LogP contribution in [0.1, 0.15) is 32.5 Å². The molecule has 2 aromatic rings. The van der Waals surface area contributed by atoms with Crippen LogP contribution in [0.15, 0.2) is 24.3 Å². The van der Waals surface area contributed by atoms with Gasteiger partial charge in [0.2, 0.25) is 0 Å². The fourth-order valence-corrected chi connectivity index (χ4v) is 3.63. The number of hydrogen-bond acceptors (Lipinski definition) is 5. The summed E-state index contributed by atoms with van der Waals surface area (Å²) in [6.45, 7) is 1.83. The molecular formula is C16H19N3O2S. The summed E-state index contributed by atoms with van der Waals surface area (Å²) in [5.74, 6) is -0.177. The zero-order chi connectivity index (χ0) is 15.9. The first-order valence-electron chi connectivity index (χ1n) is 7.19. The van der Waals surface area contributed by atoms with E-state index in [0.717, 1.165) is 16.3 Å². The Morgan fingerprint density at radius 3 is 2.82 bits per heavy atom. The monoisotopic (exact) mass is 317 g/mol. The van der Waals surface area contributed by atoms with Crippen LogP contribution >= 0.6 is 11.3 Å². The van der Waals surface area contributed by atoms with Gasteiger partial charge in [-0.15, -0.1) is 0 Å². The van der Waals surface area contributed by atoms with Crippen LogP contribution in [0.5, 0.6) is 0 Å². The summed E-state index contributed by atoms with van der Waals surface area (Å²) in [5, 5.41) is 14.0. The molecule has 1 aromatic carbocycles. The number of nitrogens with zero attached hydrogens (tertiary/aromatic N) is 2. The molecule has 0 saturated heterocycles. The number of hydrogen-bond donors (Lipinski definition) is 2. The minimum Gasteiger partial charge on any atom is -0.390 e. The van der Waals surface area contributed by atoms with Gasteiger partial charge < -0.3 is 15.3 Å². The van der Waals surface area contributed by atoms with Gasteiger partial charge in [-0.1, -0.05) is 35.6 Å². The maximum atomic E-state index is 12.5. The highest BCUT2D eigenvalue weighted by Gasteiger charge is 2.32. The average molecular weight is 317 g/mol. The first-order chi connectivity index (χ1) is 10.5. The lowest BCUT2D eigenvalue weighted by Gasteiger charge is -2.17. The number of aromatic nitrogens is 1. The van der Waals surface area contributed by atoms with Crippen molar-refractivity contribution in [2.24, 2.45) is 0 Å². The maximum Gasteiger partial charge on any atom is 0.263 e. The number of amides is 1. The third kappa shape index (κ3) is 2.60. The molecule has 6 heteroatoms. The number of rotatable bonds is 3. The summed E-state index contributed by atoms with van der Waals surface area (Å²) in [4.78, 5) is 19.4. The van der Waals surface area contributed by atoms with E-state index in [1.54, 1.807) is 0 Å². The number of carbonyl (C=O) groups is 1. The SMILES string of the molecule is Cc1nc(N(C)C)sc1C(=O)NC1c2ccccc2CC1O. The predicted octanol–water partition coefficient (Wildman–Crippen LogP) is 1.91. The summed E-state index contributed by atoms with van der Waals surface area (Å²) >= 11 is 1.36. The van der Waals surface area contributed by atoms with E-state index in [9.17, 15) is 9.90 Å². The number of aliphatic hydroxyl groups excluding tert-OH is 1. The topological polar surface area (TPSA) is 65.5 Å². The van der Waals surface area contributed by atoms with Gasteiger partial charge in [0.05, 0.1) is 17.8 Å². The van der Waals surface area contributed by atoms with Crippen molar-refractivity contribution < 1.29 is 9.90 Å². The largest absolute Gasteiger partial charge is 0.390 e. The molecule has 1 aromatic heterocycles. The normalized spacial score (nSPS) is 19.8. The van der Waals surface area contributed by atoms with Crippen LogP contribution in [0, 0.1) is 6.92 Å². The van der Waals surface area contributed by atoms with Gasteiger partial charge in [-0.2, -0.15) is 0 Å². The van der Waals surface area contributed by atoms with Gasteiger partial charge in [-0.3, -0.25) is 4.79 Å². The van der Waals surface area contributed by atoms with Crippen LogP contribution < -0.4 is 10.2 Å². The van der Waals surface area contributed by atoms with Gasteiger partial charge in [0, 0.05) is 20.5 Å². The third-order valence-corrected chi connectivity index (χ3v) is 5.19. The van der Waals surface area contributed by atoms with E-state index >= 15 is 0 Å². The molecule has 0 aliphatic heterocycles. The van der Waals surface area contributed by atoms with Crippen LogP contribution in [0.4, 0.5) is 5.13 Å². The van der Waals surface area contributed by atoms with Gasteiger partial charge in [-0.05, 0) is 18.1 Å². The minimum absolute atomic E-state index is 0.177. The van der Waals surface area contributed by atoms with Gasteiger partial charge in [0.15, 0.2) is 5.13 Å². The van der Waals surface area contributed by atoms with Crippen LogP contribution in [0.2, 0.25) is 0 Å². The lowest BCUT2D eigenvalue weighted by atomic mass is 10.1. The van der Waals surface area contributed by atoms with E-state index in [-0.39, 0.29) is 11.9 Å². The van der Waals surface area contributed by atoms with Crippen molar-refractivity contribution in [2.75, 3.05) is 19.0 Å². The number of aryl methyl sites for hydroxylation is 1. The highest BCUT2D eigenvalue weighted by molar-refractivity contribution is 7.17. The highest BCUT2D eigenvalue weighted by Crippen LogP contribution is 2.32. The summed E-state index contributed by atoms with van der Waals surface area (Å²) in [5.41, 5.74) is 2.81. The Bertz CT molecular complexity index is 711. The molecule has 0 bridgehead atoms. The molecule has 2 N–H and O–H groups in total. The molecule has 0 spiro atoms. The zero-order valence-corrected chi connectivity index (χ0v) is 13.6. The fourth-order valence-electron chi connectivity index (χ4n) is 2.74. The van der Waals surface area contributed by atoms with Crippen molar-refractivity contribution in [1.82, 2.24) is 10.3 Å². The molecule has 0 saturated carbocycles. The Morgan fingerprint density at radius 1 is 1.41 bits per heavy atom. The van der Waals surface area contributed by atoms with E-state index in [1.807, 2.05) is 50.2 Å². The molecule has 0 fully saturated rings. The van der Waals surface area contributed by atoms with Crippen molar-refractivity contribution in [1.29, 1.82) is 0 Å². The number of anilines is 1. The molecular weight excluding hydrogens is 298 g/mol. The Morgan fingerprint density at radius 2 is 2.14 bits per heavy atom. The van der Waals surface area contributed by atoms with E-state index in [2.05, 4.69) is 10.3 Å². The lowest BCUT2D eigenvalue weighted by molar-refractivity contribution is 0.0861. The molecule has 22 heavy (non-hydrogen) atoms. The summed E-state index contributed by atoms with van der Waals surface area (Å²) in [6.07, 6.45) is -0.00551. The van der Waals surface area contributed by atoms with E-state index < -0.39 is 6.10 Å². The van der Waals surface area contributed by atoms with E-state index in [1.165, 1.54) is 11.3 Å². The molecule has 2 unspecified atom stereocenters. The van der Waals surface area contributed by atoms with Gasteiger partial charge in [-0.25, -0.2) is 4.98 Å². The van der Waals surface area contributed by atoms with Crippen molar-refractivity contribution in [3.8, 4) is 0 Å². The van der Waals surface area contributed by atoms with Crippen LogP contribution in [0.25, 0.3) is 0 Å². The number of carbonyl (C=O) groups excluding carboxylic acids is 1. The number of benzene rings is 1. The zero-order valence-electron chi connectivity index (χ0n) is 12.8. The van der Waals surface area contributed by atoms with Crippen LogP contribution in [-0.4, -0.2) is 36.2 Å². The second-order valence-electron chi connectivity index (χ2n) is 5.73. The number of thiazole rings is 1. The first-order valence-corrected chi connectivity index (χ1v) is 8.00. The Balaban J connectivity index is 1.83.